The minimum atomic E-state index is -0.472. The lowest BCUT2D eigenvalue weighted by molar-refractivity contribution is 0.121. The maximum atomic E-state index is 12.8. The second-order valence-electron chi connectivity index (χ2n) is 7.37. The number of anilines is 2. The molecular weight excluding hydrogens is 370 g/mol. The Balaban J connectivity index is 2.12. The molecule has 0 saturated carbocycles. The number of benzene rings is 1. The van der Waals surface area contributed by atoms with Crippen LogP contribution in [0.3, 0.4) is 0 Å². The van der Waals surface area contributed by atoms with Gasteiger partial charge >= 0.3 is 12.2 Å². The van der Waals surface area contributed by atoms with Crippen molar-refractivity contribution in [3.8, 4) is 0 Å². The molecule has 1 unspecified atom stereocenters. The molecule has 7 nitrogen and oxygen atoms in total. The van der Waals surface area contributed by atoms with Crippen LogP contribution in [0, 0.1) is 0 Å². The van der Waals surface area contributed by atoms with Crippen LogP contribution in [0.1, 0.15) is 32.8 Å². The summed E-state index contributed by atoms with van der Waals surface area (Å²) in [6.07, 6.45) is 7.29. The lowest BCUT2D eigenvalue weighted by atomic mass is 9.99. The van der Waals surface area contributed by atoms with Crippen LogP contribution in [-0.2, 0) is 9.47 Å². The van der Waals surface area contributed by atoms with Crippen molar-refractivity contribution in [2.75, 3.05) is 23.5 Å². The molecule has 1 aromatic carbocycles. The number of nitrogens with two attached hydrogens (primary N) is 1. The number of carbonyl (C=O) groups is 2. The molecule has 0 aromatic heterocycles. The molecule has 3 rings (SSSR count). The van der Waals surface area contributed by atoms with E-state index in [0.717, 1.165) is 16.8 Å². The number of hydrogen-bond donors (Lipinski definition) is 1. The first-order chi connectivity index (χ1) is 13.8. The Hall–Kier alpha value is -3.22. The van der Waals surface area contributed by atoms with Gasteiger partial charge in [0.25, 0.3) is 0 Å². The largest absolute Gasteiger partial charge is 0.452 e. The Kier molecular flexibility index (Phi) is 5.96. The highest BCUT2D eigenvalue weighted by molar-refractivity contribution is 6.01. The van der Waals surface area contributed by atoms with Crippen LogP contribution in [0.5, 0.6) is 0 Å². The molecule has 2 aliphatic rings. The quantitative estimate of drug-likeness (QED) is 0.808. The van der Waals surface area contributed by atoms with Gasteiger partial charge in [-0.05, 0) is 38.5 Å². The Morgan fingerprint density at radius 3 is 2.62 bits per heavy atom. The van der Waals surface area contributed by atoms with Gasteiger partial charge in [0.2, 0.25) is 0 Å². The summed E-state index contributed by atoms with van der Waals surface area (Å²) in [5.74, 6) is 0. The van der Waals surface area contributed by atoms with Gasteiger partial charge in [-0.2, -0.15) is 0 Å². The van der Waals surface area contributed by atoms with E-state index >= 15 is 0 Å². The van der Waals surface area contributed by atoms with Crippen molar-refractivity contribution in [3.63, 3.8) is 0 Å². The molecule has 1 aromatic rings. The molecule has 0 spiro atoms. The minimum absolute atomic E-state index is 0.253. The molecule has 7 heteroatoms. The number of hydrogen-bond acceptors (Lipinski definition) is 5. The van der Waals surface area contributed by atoms with Gasteiger partial charge in [0, 0.05) is 17.7 Å². The molecule has 2 amide bonds. The fourth-order valence-corrected chi connectivity index (χ4v) is 3.53. The summed E-state index contributed by atoms with van der Waals surface area (Å²) >= 11 is 0. The highest BCUT2D eigenvalue weighted by Crippen LogP contribution is 2.39. The van der Waals surface area contributed by atoms with Crippen molar-refractivity contribution in [1.29, 1.82) is 0 Å². The number of methoxy groups -OCH3 is 1. The van der Waals surface area contributed by atoms with Crippen molar-refractivity contribution >= 4 is 29.1 Å². The minimum Gasteiger partial charge on any atom is -0.452 e. The summed E-state index contributed by atoms with van der Waals surface area (Å²) in [4.78, 5) is 28.3. The standard InChI is InChI=1S/C22H27N3O4/c1-14(2)29-21(26)24-13-15(3)25(22(27)28-4)19-11-10-16(12-20(19)24)17-8-6-5-7-9-18(17)23/h5-8,10-12,14-15H,9,13,23H2,1-4H3. The Morgan fingerprint density at radius 1 is 1.17 bits per heavy atom. The number of ether oxygens (including phenoxy) is 2. The van der Waals surface area contributed by atoms with Gasteiger partial charge in [0.05, 0.1) is 37.2 Å². The maximum Gasteiger partial charge on any atom is 0.414 e. The lowest BCUT2D eigenvalue weighted by Gasteiger charge is -2.40. The SMILES string of the molecule is COC(=O)N1c2ccc(C3=C(N)CC=CC=C3)cc2N(C(=O)OC(C)C)CC1C. The first kappa shape index (κ1) is 20.5. The average Bonchev–Trinajstić information content (AvgIpc) is 2.90. The molecule has 1 aliphatic carbocycles. The van der Waals surface area contributed by atoms with Crippen molar-refractivity contribution in [1.82, 2.24) is 0 Å². The van der Waals surface area contributed by atoms with Gasteiger partial charge < -0.3 is 15.2 Å². The zero-order valence-electron chi connectivity index (χ0n) is 17.2. The van der Waals surface area contributed by atoms with E-state index in [0.29, 0.717) is 24.3 Å². The van der Waals surface area contributed by atoms with Gasteiger partial charge in [-0.1, -0.05) is 30.4 Å². The number of carbonyl (C=O) groups excluding carboxylic acids is 2. The van der Waals surface area contributed by atoms with Crippen molar-refractivity contribution in [3.05, 3.63) is 53.8 Å². The van der Waals surface area contributed by atoms with Gasteiger partial charge in [-0.3, -0.25) is 9.80 Å². The molecule has 1 atom stereocenters. The normalized spacial score (nSPS) is 18.6. The molecule has 2 N–H and O–H groups in total. The second kappa shape index (κ2) is 8.43. The van der Waals surface area contributed by atoms with E-state index in [4.69, 9.17) is 15.2 Å². The highest BCUT2D eigenvalue weighted by Gasteiger charge is 2.36. The predicted octanol–water partition coefficient (Wildman–Crippen LogP) is 4.20. The van der Waals surface area contributed by atoms with E-state index < -0.39 is 12.2 Å². The molecule has 0 saturated heterocycles. The Labute approximate surface area is 171 Å². The summed E-state index contributed by atoms with van der Waals surface area (Å²) in [7, 11) is 1.34. The summed E-state index contributed by atoms with van der Waals surface area (Å²) in [5, 5.41) is 0. The molecule has 0 bridgehead atoms. The van der Waals surface area contributed by atoms with Gasteiger partial charge in [0.15, 0.2) is 0 Å². The predicted molar refractivity (Wildman–Crippen MR) is 114 cm³/mol. The average molecular weight is 397 g/mol. The van der Waals surface area contributed by atoms with Crippen molar-refractivity contribution < 1.29 is 19.1 Å². The van der Waals surface area contributed by atoms with Gasteiger partial charge in [-0.25, -0.2) is 9.59 Å². The van der Waals surface area contributed by atoms with Crippen LogP contribution >= 0.6 is 0 Å². The number of allylic oxidation sites excluding steroid dienone is 5. The first-order valence-electron chi connectivity index (χ1n) is 9.65. The van der Waals surface area contributed by atoms with Crippen LogP contribution in [0.4, 0.5) is 21.0 Å². The first-order valence-corrected chi connectivity index (χ1v) is 9.65. The molecular formula is C22H27N3O4. The van der Waals surface area contributed by atoms with E-state index in [-0.39, 0.29) is 12.1 Å². The molecule has 154 valence electrons. The number of nitrogens with zero attached hydrogens (tertiary/aromatic N) is 2. The number of fused-ring (bicyclic) bond motifs is 1. The zero-order valence-corrected chi connectivity index (χ0v) is 17.2. The number of rotatable bonds is 2. The van der Waals surface area contributed by atoms with E-state index in [1.807, 2.05) is 49.4 Å². The molecule has 1 aliphatic heterocycles. The summed E-state index contributed by atoms with van der Waals surface area (Å²) in [6, 6.07) is 5.32. The molecule has 1 heterocycles. The molecule has 0 fully saturated rings. The molecule has 0 radical (unpaired) electrons. The Morgan fingerprint density at radius 2 is 1.93 bits per heavy atom. The smallest absolute Gasteiger partial charge is 0.414 e. The highest BCUT2D eigenvalue weighted by atomic mass is 16.6. The third kappa shape index (κ3) is 4.13. The van der Waals surface area contributed by atoms with E-state index in [9.17, 15) is 9.59 Å². The van der Waals surface area contributed by atoms with Crippen LogP contribution in [0.2, 0.25) is 0 Å². The number of amides is 2. The van der Waals surface area contributed by atoms with Crippen molar-refractivity contribution in [2.24, 2.45) is 5.73 Å². The third-order valence-electron chi connectivity index (χ3n) is 4.85. The summed E-state index contributed by atoms with van der Waals surface area (Å²) < 4.78 is 10.4. The maximum absolute atomic E-state index is 12.8. The Bertz CT molecular complexity index is 901. The van der Waals surface area contributed by atoms with Gasteiger partial charge in [-0.15, -0.1) is 0 Å². The second-order valence-corrected chi connectivity index (χ2v) is 7.37. The van der Waals surface area contributed by atoms with Crippen molar-refractivity contribution in [2.45, 2.75) is 39.3 Å². The summed E-state index contributed by atoms with van der Waals surface area (Å²) in [6.45, 7) is 5.77. The van der Waals surface area contributed by atoms with E-state index in [1.165, 1.54) is 7.11 Å². The topological polar surface area (TPSA) is 85.1 Å². The fraction of sp³-hybridized carbons (Fsp3) is 0.364. The van der Waals surface area contributed by atoms with E-state index in [2.05, 4.69) is 0 Å². The third-order valence-corrected chi connectivity index (χ3v) is 4.85. The lowest BCUT2D eigenvalue weighted by Crippen LogP contribution is -2.52. The summed E-state index contributed by atoms with van der Waals surface area (Å²) in [5.41, 5.74) is 9.92. The van der Waals surface area contributed by atoms with Gasteiger partial charge in [0.1, 0.15) is 0 Å². The van der Waals surface area contributed by atoms with Crippen LogP contribution in [0.15, 0.2) is 48.2 Å². The zero-order chi connectivity index (χ0) is 21.1. The monoisotopic (exact) mass is 397 g/mol. The molecule has 29 heavy (non-hydrogen) atoms. The van der Waals surface area contributed by atoms with E-state index in [1.54, 1.807) is 23.6 Å². The van der Waals surface area contributed by atoms with Crippen LogP contribution in [-0.4, -0.2) is 38.0 Å². The van der Waals surface area contributed by atoms with Crippen LogP contribution in [0.25, 0.3) is 5.57 Å². The van der Waals surface area contributed by atoms with Crippen LogP contribution < -0.4 is 15.5 Å². The fourth-order valence-electron chi connectivity index (χ4n) is 3.53.